The number of nitrogens with zero attached hydrogens (tertiary/aromatic N) is 1. The highest BCUT2D eigenvalue weighted by molar-refractivity contribution is 5.29. The van der Waals surface area contributed by atoms with Crippen LogP contribution in [-0.2, 0) is 17.7 Å². The molecule has 2 aliphatic heterocycles. The van der Waals surface area contributed by atoms with Crippen molar-refractivity contribution in [2.75, 3.05) is 19.7 Å². The molecule has 0 radical (unpaired) electrons. The third-order valence-corrected chi connectivity index (χ3v) is 4.36. The van der Waals surface area contributed by atoms with E-state index in [0.29, 0.717) is 18.2 Å². The van der Waals surface area contributed by atoms with Crippen LogP contribution in [0.4, 0.5) is 0 Å². The van der Waals surface area contributed by atoms with Crippen molar-refractivity contribution in [2.24, 2.45) is 0 Å². The first kappa shape index (κ1) is 13.1. The molecular formula is C16H24N2O. The summed E-state index contributed by atoms with van der Waals surface area (Å²) in [4.78, 5) is 2.57. The smallest absolute Gasteiger partial charge is 0.0674 e. The van der Waals surface area contributed by atoms with Crippen LogP contribution in [0.1, 0.15) is 25.0 Å². The van der Waals surface area contributed by atoms with Crippen LogP contribution in [0.5, 0.6) is 0 Å². The highest BCUT2D eigenvalue weighted by Gasteiger charge is 2.27. The molecule has 19 heavy (non-hydrogen) atoms. The molecular weight excluding hydrogens is 236 g/mol. The fourth-order valence-electron chi connectivity index (χ4n) is 3.16. The average Bonchev–Trinajstić information content (AvgIpc) is 2.43. The molecule has 3 atom stereocenters. The summed E-state index contributed by atoms with van der Waals surface area (Å²) in [6.45, 7) is 8.49. The van der Waals surface area contributed by atoms with Gasteiger partial charge in [-0.15, -0.1) is 0 Å². The van der Waals surface area contributed by atoms with Gasteiger partial charge in [0.15, 0.2) is 0 Å². The molecule has 1 aromatic carbocycles. The van der Waals surface area contributed by atoms with Crippen molar-refractivity contribution < 1.29 is 4.74 Å². The second-order valence-corrected chi connectivity index (χ2v) is 6.00. The Morgan fingerprint density at radius 1 is 1.26 bits per heavy atom. The Hall–Kier alpha value is -0.900. The summed E-state index contributed by atoms with van der Waals surface area (Å²) < 4.78 is 5.70. The summed E-state index contributed by atoms with van der Waals surface area (Å²) in [6.07, 6.45) is 1.52. The highest BCUT2D eigenvalue weighted by Crippen LogP contribution is 2.19. The van der Waals surface area contributed by atoms with Gasteiger partial charge in [-0.05, 0) is 31.4 Å². The fraction of sp³-hybridized carbons (Fsp3) is 0.625. The number of hydrogen-bond acceptors (Lipinski definition) is 3. The first-order valence-electron chi connectivity index (χ1n) is 7.38. The molecule has 2 heterocycles. The van der Waals surface area contributed by atoms with Crippen molar-refractivity contribution in [3.8, 4) is 0 Å². The van der Waals surface area contributed by atoms with Crippen LogP contribution in [0, 0.1) is 0 Å². The van der Waals surface area contributed by atoms with Gasteiger partial charge in [-0.2, -0.15) is 0 Å². The molecule has 0 bridgehead atoms. The predicted molar refractivity (Wildman–Crippen MR) is 77.2 cm³/mol. The van der Waals surface area contributed by atoms with Gasteiger partial charge in [0.25, 0.3) is 0 Å². The minimum atomic E-state index is 0.368. The van der Waals surface area contributed by atoms with Crippen molar-refractivity contribution in [3.05, 3.63) is 35.4 Å². The van der Waals surface area contributed by atoms with Crippen molar-refractivity contribution in [2.45, 2.75) is 45.0 Å². The van der Waals surface area contributed by atoms with E-state index in [-0.39, 0.29) is 0 Å². The van der Waals surface area contributed by atoms with Crippen LogP contribution in [0.2, 0.25) is 0 Å². The molecule has 3 rings (SSSR count). The van der Waals surface area contributed by atoms with E-state index in [1.54, 1.807) is 0 Å². The molecule has 1 aromatic rings. The number of ether oxygens (including phenoxy) is 1. The molecule has 0 aliphatic carbocycles. The van der Waals surface area contributed by atoms with Gasteiger partial charge in [-0.25, -0.2) is 0 Å². The van der Waals surface area contributed by atoms with Gasteiger partial charge in [0.05, 0.1) is 12.7 Å². The Bertz CT molecular complexity index is 435. The molecule has 1 N–H and O–H groups in total. The molecule has 0 amide bonds. The van der Waals surface area contributed by atoms with Crippen molar-refractivity contribution in [3.63, 3.8) is 0 Å². The van der Waals surface area contributed by atoms with Crippen LogP contribution >= 0.6 is 0 Å². The predicted octanol–water partition coefficient (Wildman–Crippen LogP) is 1.81. The molecule has 3 unspecified atom stereocenters. The lowest BCUT2D eigenvalue weighted by molar-refractivity contribution is -0.0522. The van der Waals surface area contributed by atoms with Crippen molar-refractivity contribution >= 4 is 0 Å². The number of morpholine rings is 1. The Labute approximate surface area is 115 Å². The van der Waals surface area contributed by atoms with Gasteiger partial charge < -0.3 is 10.1 Å². The first-order chi connectivity index (χ1) is 9.22. The highest BCUT2D eigenvalue weighted by atomic mass is 16.5. The number of benzene rings is 1. The molecule has 104 valence electrons. The zero-order chi connectivity index (χ0) is 13.2. The first-order valence-corrected chi connectivity index (χ1v) is 7.38. The van der Waals surface area contributed by atoms with Crippen molar-refractivity contribution in [1.82, 2.24) is 10.2 Å². The number of hydrogen-bond donors (Lipinski definition) is 1. The van der Waals surface area contributed by atoms with Crippen LogP contribution in [0.25, 0.3) is 0 Å². The molecule has 0 aromatic heterocycles. The third kappa shape index (κ3) is 2.99. The summed E-state index contributed by atoms with van der Waals surface area (Å²) >= 11 is 0. The van der Waals surface area contributed by atoms with Gasteiger partial charge in [0, 0.05) is 31.7 Å². The van der Waals surface area contributed by atoms with E-state index in [2.05, 4.69) is 48.3 Å². The van der Waals surface area contributed by atoms with E-state index in [4.69, 9.17) is 4.74 Å². The lowest BCUT2D eigenvalue weighted by Crippen LogP contribution is -2.53. The molecule has 2 aliphatic rings. The van der Waals surface area contributed by atoms with E-state index in [1.165, 1.54) is 11.1 Å². The lowest BCUT2D eigenvalue weighted by atomic mass is 9.95. The Morgan fingerprint density at radius 3 is 2.89 bits per heavy atom. The second-order valence-electron chi connectivity index (χ2n) is 6.00. The second kappa shape index (κ2) is 5.61. The molecule has 0 saturated carbocycles. The zero-order valence-electron chi connectivity index (χ0n) is 11.9. The van der Waals surface area contributed by atoms with Crippen LogP contribution in [0.3, 0.4) is 0 Å². The summed E-state index contributed by atoms with van der Waals surface area (Å²) in [5, 5.41) is 3.68. The minimum Gasteiger partial charge on any atom is -0.376 e. The van der Waals surface area contributed by atoms with E-state index in [9.17, 15) is 0 Å². The van der Waals surface area contributed by atoms with Gasteiger partial charge >= 0.3 is 0 Å². The van der Waals surface area contributed by atoms with Gasteiger partial charge in [0.2, 0.25) is 0 Å². The number of rotatable bonds is 2. The number of nitrogens with one attached hydrogen (secondary N) is 1. The van der Waals surface area contributed by atoms with Gasteiger partial charge in [0.1, 0.15) is 0 Å². The maximum Gasteiger partial charge on any atom is 0.0674 e. The Morgan fingerprint density at radius 2 is 2.05 bits per heavy atom. The molecule has 3 heteroatoms. The maximum absolute atomic E-state index is 5.70. The average molecular weight is 260 g/mol. The van der Waals surface area contributed by atoms with E-state index in [0.717, 1.165) is 32.7 Å². The molecule has 0 spiro atoms. The summed E-state index contributed by atoms with van der Waals surface area (Å²) in [5.74, 6) is 0. The monoisotopic (exact) mass is 260 g/mol. The van der Waals surface area contributed by atoms with Crippen molar-refractivity contribution in [1.29, 1.82) is 0 Å². The summed E-state index contributed by atoms with van der Waals surface area (Å²) in [7, 11) is 0. The van der Waals surface area contributed by atoms with Gasteiger partial charge in [-0.1, -0.05) is 24.3 Å². The van der Waals surface area contributed by atoms with E-state index >= 15 is 0 Å². The topological polar surface area (TPSA) is 24.5 Å². The largest absolute Gasteiger partial charge is 0.376 e. The van der Waals surface area contributed by atoms with Crippen LogP contribution in [-0.4, -0.2) is 42.8 Å². The summed E-state index contributed by atoms with van der Waals surface area (Å²) in [6, 6.07) is 9.90. The molecule has 1 saturated heterocycles. The van der Waals surface area contributed by atoms with Gasteiger partial charge in [-0.3, -0.25) is 4.90 Å². The van der Waals surface area contributed by atoms with Crippen LogP contribution < -0.4 is 5.32 Å². The molecule has 3 nitrogen and oxygen atoms in total. The Balaban J connectivity index is 1.62. The quantitative estimate of drug-likeness (QED) is 0.878. The summed E-state index contributed by atoms with van der Waals surface area (Å²) in [5.41, 5.74) is 2.97. The van der Waals surface area contributed by atoms with Crippen LogP contribution in [0.15, 0.2) is 24.3 Å². The fourth-order valence-corrected chi connectivity index (χ4v) is 3.16. The number of fused-ring (bicyclic) bond motifs is 1. The third-order valence-electron chi connectivity index (χ3n) is 4.36. The molecule has 1 fully saturated rings. The maximum atomic E-state index is 5.70. The lowest BCUT2D eigenvalue weighted by Gasteiger charge is -2.40. The standard InChI is InChI=1S/C16H24N2O/c1-12-11-19-13(2)9-18(12)10-16-7-14-5-3-4-6-15(14)8-17-16/h3-6,12-13,16-17H,7-11H2,1-2H3. The Kier molecular flexibility index (Phi) is 3.87. The van der Waals surface area contributed by atoms with E-state index < -0.39 is 0 Å². The normalized spacial score (nSPS) is 32.0. The SMILES string of the molecule is CC1CN(CC2Cc3ccccc3CN2)C(C)CO1. The minimum absolute atomic E-state index is 0.368. The zero-order valence-corrected chi connectivity index (χ0v) is 11.9. The van der Waals surface area contributed by atoms with E-state index in [1.807, 2.05) is 0 Å².